The SMILES string of the molecule is CSC1CCCC1n1c(N)nc2ccc(F)c(F)c21. The lowest BCUT2D eigenvalue weighted by Gasteiger charge is -2.21. The van der Waals surface area contributed by atoms with Gasteiger partial charge in [-0.1, -0.05) is 6.42 Å². The number of fused-ring (bicyclic) bond motifs is 1. The molecule has 2 N–H and O–H groups in total. The van der Waals surface area contributed by atoms with Crippen molar-refractivity contribution in [3.8, 4) is 0 Å². The number of anilines is 1. The molecule has 0 amide bonds. The van der Waals surface area contributed by atoms with Crippen LogP contribution in [0.2, 0.25) is 0 Å². The molecule has 3 nitrogen and oxygen atoms in total. The number of halogens is 2. The van der Waals surface area contributed by atoms with Crippen molar-refractivity contribution < 1.29 is 8.78 Å². The molecule has 1 aromatic heterocycles. The summed E-state index contributed by atoms with van der Waals surface area (Å²) in [4.78, 5) is 4.15. The Kier molecular flexibility index (Phi) is 3.12. The largest absolute Gasteiger partial charge is 0.369 e. The molecule has 0 spiro atoms. The predicted octanol–water partition coefficient (Wildman–Crippen LogP) is 3.35. The van der Waals surface area contributed by atoms with Crippen molar-refractivity contribution in [2.45, 2.75) is 30.6 Å². The number of nitrogen functional groups attached to an aromatic ring is 1. The predicted molar refractivity (Wildman–Crippen MR) is 74.3 cm³/mol. The molecule has 3 rings (SSSR count). The maximum absolute atomic E-state index is 14.1. The van der Waals surface area contributed by atoms with E-state index in [9.17, 15) is 8.78 Å². The first kappa shape index (κ1) is 12.7. The standard InChI is InChI=1S/C13H15F2N3S/c1-19-10-4-2-3-9(10)18-12-8(17-13(18)16)6-5-7(14)11(12)15/h5-6,9-10H,2-4H2,1H3,(H2,16,17). The zero-order chi connectivity index (χ0) is 13.6. The number of nitrogens with zero attached hydrogens (tertiary/aromatic N) is 2. The molecule has 1 aliphatic rings. The van der Waals surface area contributed by atoms with E-state index in [0.29, 0.717) is 10.8 Å². The first-order valence-electron chi connectivity index (χ1n) is 6.27. The Labute approximate surface area is 114 Å². The van der Waals surface area contributed by atoms with Gasteiger partial charge < -0.3 is 10.3 Å². The number of rotatable bonds is 2. The van der Waals surface area contributed by atoms with Crippen LogP contribution in [0.15, 0.2) is 12.1 Å². The van der Waals surface area contributed by atoms with Gasteiger partial charge in [-0.25, -0.2) is 13.8 Å². The second-order valence-corrected chi connectivity index (χ2v) is 5.92. The molecule has 0 saturated heterocycles. The molecule has 1 aliphatic carbocycles. The third kappa shape index (κ3) is 1.89. The van der Waals surface area contributed by atoms with Gasteiger partial charge in [0.2, 0.25) is 5.95 Å². The lowest BCUT2D eigenvalue weighted by molar-refractivity contribution is 0.498. The first-order valence-corrected chi connectivity index (χ1v) is 7.56. The average Bonchev–Trinajstić information content (AvgIpc) is 2.97. The van der Waals surface area contributed by atoms with Gasteiger partial charge in [0.1, 0.15) is 5.52 Å². The van der Waals surface area contributed by atoms with Gasteiger partial charge >= 0.3 is 0 Å². The van der Waals surface area contributed by atoms with Gasteiger partial charge in [0.25, 0.3) is 0 Å². The van der Waals surface area contributed by atoms with Crippen LogP contribution in [0.4, 0.5) is 14.7 Å². The molecule has 19 heavy (non-hydrogen) atoms. The van der Waals surface area contributed by atoms with Gasteiger partial charge in [0.15, 0.2) is 11.6 Å². The number of hydrogen-bond acceptors (Lipinski definition) is 3. The summed E-state index contributed by atoms with van der Waals surface area (Å²) in [5.74, 6) is -1.44. The van der Waals surface area contributed by atoms with E-state index in [1.807, 2.05) is 6.26 Å². The number of nitrogens with two attached hydrogens (primary N) is 1. The summed E-state index contributed by atoms with van der Waals surface area (Å²) in [7, 11) is 0. The van der Waals surface area contributed by atoms with Crippen LogP contribution in [0.25, 0.3) is 11.0 Å². The molecular formula is C13H15F2N3S. The van der Waals surface area contributed by atoms with Crippen molar-refractivity contribution in [1.29, 1.82) is 0 Å². The highest BCUT2D eigenvalue weighted by Gasteiger charge is 2.31. The topological polar surface area (TPSA) is 43.8 Å². The second kappa shape index (κ2) is 4.67. The highest BCUT2D eigenvalue weighted by molar-refractivity contribution is 7.99. The van der Waals surface area contributed by atoms with E-state index >= 15 is 0 Å². The van der Waals surface area contributed by atoms with E-state index in [1.165, 1.54) is 6.07 Å². The maximum Gasteiger partial charge on any atom is 0.201 e. The molecule has 1 heterocycles. The molecule has 102 valence electrons. The van der Waals surface area contributed by atoms with Crippen LogP contribution >= 0.6 is 11.8 Å². The Morgan fingerprint density at radius 2 is 2.16 bits per heavy atom. The van der Waals surface area contributed by atoms with Gasteiger partial charge in [-0.15, -0.1) is 0 Å². The van der Waals surface area contributed by atoms with Crippen LogP contribution in [0.1, 0.15) is 25.3 Å². The minimum atomic E-state index is -0.854. The van der Waals surface area contributed by atoms with Crippen molar-refractivity contribution in [2.24, 2.45) is 0 Å². The van der Waals surface area contributed by atoms with Gasteiger partial charge in [0.05, 0.1) is 5.52 Å². The maximum atomic E-state index is 14.1. The smallest absolute Gasteiger partial charge is 0.201 e. The molecular weight excluding hydrogens is 268 g/mol. The third-order valence-electron chi connectivity index (χ3n) is 3.82. The molecule has 1 saturated carbocycles. The monoisotopic (exact) mass is 283 g/mol. The molecule has 6 heteroatoms. The number of imidazole rings is 1. The Bertz CT molecular complexity index is 626. The van der Waals surface area contributed by atoms with Crippen LogP contribution < -0.4 is 5.73 Å². The second-order valence-electron chi connectivity index (χ2n) is 4.84. The van der Waals surface area contributed by atoms with Crippen LogP contribution in [0.3, 0.4) is 0 Å². The molecule has 2 atom stereocenters. The fourth-order valence-corrected chi connectivity index (χ4v) is 3.93. The number of benzene rings is 1. The number of hydrogen-bond donors (Lipinski definition) is 1. The van der Waals surface area contributed by atoms with Crippen LogP contribution in [0, 0.1) is 11.6 Å². The third-order valence-corrected chi connectivity index (χ3v) is 4.98. The van der Waals surface area contributed by atoms with Crippen molar-refractivity contribution in [3.63, 3.8) is 0 Å². The zero-order valence-corrected chi connectivity index (χ0v) is 11.4. The molecule has 0 bridgehead atoms. The van der Waals surface area contributed by atoms with Crippen LogP contribution in [-0.4, -0.2) is 21.1 Å². The van der Waals surface area contributed by atoms with Gasteiger partial charge in [-0.2, -0.15) is 11.8 Å². The summed E-state index contributed by atoms with van der Waals surface area (Å²) in [6.45, 7) is 0. The highest BCUT2D eigenvalue weighted by atomic mass is 32.2. The lowest BCUT2D eigenvalue weighted by Crippen LogP contribution is -2.18. The van der Waals surface area contributed by atoms with Gasteiger partial charge in [0, 0.05) is 11.3 Å². The molecule has 2 aromatic rings. The van der Waals surface area contributed by atoms with E-state index in [-0.39, 0.29) is 17.5 Å². The summed E-state index contributed by atoms with van der Waals surface area (Å²) in [5, 5.41) is 0.377. The quantitative estimate of drug-likeness (QED) is 0.919. The van der Waals surface area contributed by atoms with Crippen molar-refractivity contribution in [2.75, 3.05) is 12.0 Å². The van der Waals surface area contributed by atoms with E-state index in [2.05, 4.69) is 4.98 Å². The van der Waals surface area contributed by atoms with Crippen molar-refractivity contribution >= 4 is 28.7 Å². The Morgan fingerprint density at radius 3 is 2.89 bits per heavy atom. The molecule has 1 fully saturated rings. The van der Waals surface area contributed by atoms with Crippen molar-refractivity contribution in [1.82, 2.24) is 9.55 Å². The number of thioether (sulfide) groups is 1. The first-order chi connectivity index (χ1) is 9.13. The summed E-state index contributed by atoms with van der Waals surface area (Å²) < 4.78 is 29.2. The molecule has 0 aliphatic heterocycles. The van der Waals surface area contributed by atoms with Gasteiger partial charge in [-0.3, -0.25) is 0 Å². The summed E-state index contributed by atoms with van der Waals surface area (Å²) in [6.07, 6.45) is 5.11. The fraction of sp³-hybridized carbons (Fsp3) is 0.462. The fourth-order valence-electron chi connectivity index (χ4n) is 2.95. The Morgan fingerprint density at radius 1 is 1.37 bits per heavy atom. The van der Waals surface area contributed by atoms with Gasteiger partial charge in [-0.05, 0) is 31.2 Å². The molecule has 2 unspecified atom stereocenters. The van der Waals surface area contributed by atoms with Crippen molar-refractivity contribution in [3.05, 3.63) is 23.8 Å². The summed E-state index contributed by atoms with van der Waals surface area (Å²) in [5.41, 5.74) is 6.54. The van der Waals surface area contributed by atoms with E-state index in [4.69, 9.17) is 5.73 Å². The Balaban J connectivity index is 2.22. The summed E-state index contributed by atoms with van der Waals surface area (Å²) >= 11 is 1.75. The van der Waals surface area contributed by atoms with Crippen LogP contribution in [-0.2, 0) is 0 Å². The molecule has 1 aromatic carbocycles. The zero-order valence-electron chi connectivity index (χ0n) is 10.6. The molecule has 0 radical (unpaired) electrons. The van der Waals surface area contributed by atoms with E-state index < -0.39 is 11.6 Å². The average molecular weight is 283 g/mol. The summed E-state index contributed by atoms with van der Waals surface area (Å²) in [6, 6.07) is 2.66. The highest BCUT2D eigenvalue weighted by Crippen LogP contribution is 2.41. The van der Waals surface area contributed by atoms with E-state index in [1.54, 1.807) is 16.3 Å². The minimum Gasteiger partial charge on any atom is -0.369 e. The van der Waals surface area contributed by atoms with E-state index in [0.717, 1.165) is 25.3 Å². The minimum absolute atomic E-state index is 0.0938. The number of aromatic nitrogens is 2. The normalized spacial score (nSPS) is 23.3. The lowest BCUT2D eigenvalue weighted by atomic mass is 10.2. The Hall–Kier alpha value is -1.30. The van der Waals surface area contributed by atoms with Crippen LogP contribution in [0.5, 0.6) is 0 Å².